The Morgan fingerprint density at radius 2 is 1.84 bits per heavy atom. The predicted octanol–water partition coefficient (Wildman–Crippen LogP) is 0.538. The summed E-state index contributed by atoms with van der Waals surface area (Å²) in [6.07, 6.45) is 1.40. The number of hydrogen-bond donors (Lipinski definition) is 3. The van der Waals surface area contributed by atoms with Crippen LogP contribution in [0.2, 0.25) is 0 Å². The standard InChI is InChI=1S/C21H25N3O6S/c1-24(31(2,28)29)18-11-15-10-16(12-18)21(27)23-17(13-25)8-14-4-3-5-19(9-14)30-7-6-22-20(15)26/h3-5,9-12,17,25H,6-8,13H2,1-2H3,(H,22,26)(H,23,27). The highest BCUT2D eigenvalue weighted by Gasteiger charge is 2.20. The minimum Gasteiger partial charge on any atom is -0.492 e. The highest BCUT2D eigenvalue weighted by Crippen LogP contribution is 2.21. The molecule has 1 atom stereocenters. The third-order valence-corrected chi connectivity index (χ3v) is 6.10. The highest BCUT2D eigenvalue weighted by molar-refractivity contribution is 7.92. The molecule has 1 aliphatic heterocycles. The smallest absolute Gasteiger partial charge is 0.251 e. The average Bonchev–Trinajstić information content (AvgIpc) is 2.74. The number of nitrogens with one attached hydrogen (secondary N) is 2. The minimum atomic E-state index is -3.61. The Kier molecular flexibility index (Phi) is 6.81. The topological polar surface area (TPSA) is 125 Å². The van der Waals surface area contributed by atoms with Crippen LogP contribution in [0.5, 0.6) is 5.75 Å². The molecule has 166 valence electrons. The van der Waals surface area contributed by atoms with Crippen molar-refractivity contribution in [3.8, 4) is 5.75 Å². The molecule has 0 radical (unpaired) electrons. The lowest BCUT2D eigenvalue weighted by Gasteiger charge is -2.20. The zero-order chi connectivity index (χ0) is 22.6. The van der Waals surface area contributed by atoms with Crippen LogP contribution in [0.1, 0.15) is 26.3 Å². The van der Waals surface area contributed by atoms with Crippen molar-refractivity contribution in [2.45, 2.75) is 12.5 Å². The van der Waals surface area contributed by atoms with Gasteiger partial charge in [0.05, 0.1) is 31.1 Å². The second-order valence-electron chi connectivity index (χ2n) is 7.31. The van der Waals surface area contributed by atoms with Gasteiger partial charge in [0.1, 0.15) is 12.4 Å². The average molecular weight is 448 g/mol. The van der Waals surface area contributed by atoms with Gasteiger partial charge in [-0.05, 0) is 42.3 Å². The number of nitrogens with zero attached hydrogens (tertiary/aromatic N) is 1. The van der Waals surface area contributed by atoms with E-state index in [1.165, 1.54) is 25.2 Å². The first-order valence-electron chi connectivity index (χ1n) is 9.68. The van der Waals surface area contributed by atoms with E-state index < -0.39 is 27.9 Å². The van der Waals surface area contributed by atoms with Crippen LogP contribution in [0.15, 0.2) is 42.5 Å². The quantitative estimate of drug-likeness (QED) is 0.631. The molecule has 2 aromatic rings. The maximum absolute atomic E-state index is 12.9. The Balaban J connectivity index is 2.01. The summed E-state index contributed by atoms with van der Waals surface area (Å²) in [5.41, 5.74) is 1.28. The number of ether oxygens (including phenoxy) is 1. The van der Waals surface area contributed by atoms with Gasteiger partial charge in [-0.2, -0.15) is 0 Å². The summed E-state index contributed by atoms with van der Waals surface area (Å²) in [5, 5.41) is 15.2. The first-order valence-corrected chi connectivity index (χ1v) is 11.5. The second-order valence-corrected chi connectivity index (χ2v) is 9.32. The van der Waals surface area contributed by atoms with Gasteiger partial charge in [-0.25, -0.2) is 8.42 Å². The largest absolute Gasteiger partial charge is 0.492 e. The number of aliphatic hydroxyl groups excluding tert-OH is 1. The number of anilines is 1. The van der Waals surface area contributed by atoms with Gasteiger partial charge in [0.2, 0.25) is 10.0 Å². The van der Waals surface area contributed by atoms with Crippen molar-refractivity contribution >= 4 is 27.5 Å². The molecule has 2 aromatic carbocycles. The van der Waals surface area contributed by atoms with Crippen molar-refractivity contribution < 1.29 is 27.9 Å². The van der Waals surface area contributed by atoms with E-state index in [2.05, 4.69) is 10.6 Å². The lowest BCUT2D eigenvalue weighted by molar-refractivity contribution is 0.0916. The van der Waals surface area contributed by atoms with Gasteiger partial charge < -0.3 is 20.5 Å². The minimum absolute atomic E-state index is 0.108. The normalized spacial score (nSPS) is 17.5. The second kappa shape index (κ2) is 9.36. The van der Waals surface area contributed by atoms with E-state index in [9.17, 15) is 23.1 Å². The van der Waals surface area contributed by atoms with E-state index in [1.807, 2.05) is 18.2 Å². The molecular weight excluding hydrogens is 422 g/mol. The van der Waals surface area contributed by atoms with Crippen molar-refractivity contribution in [3.63, 3.8) is 0 Å². The van der Waals surface area contributed by atoms with Crippen molar-refractivity contribution in [1.29, 1.82) is 0 Å². The number of hydrogen-bond acceptors (Lipinski definition) is 6. The summed E-state index contributed by atoms with van der Waals surface area (Å²) in [6, 6.07) is 10.9. The van der Waals surface area contributed by atoms with Crippen LogP contribution >= 0.6 is 0 Å². The zero-order valence-electron chi connectivity index (χ0n) is 17.3. The molecule has 3 N–H and O–H groups in total. The van der Waals surface area contributed by atoms with Gasteiger partial charge in [0.15, 0.2) is 0 Å². The summed E-state index contributed by atoms with van der Waals surface area (Å²) in [5.74, 6) is -0.384. The van der Waals surface area contributed by atoms with Crippen LogP contribution in [-0.4, -0.2) is 64.4 Å². The van der Waals surface area contributed by atoms with Crippen LogP contribution in [0.25, 0.3) is 0 Å². The molecule has 31 heavy (non-hydrogen) atoms. The molecule has 0 fully saturated rings. The maximum Gasteiger partial charge on any atom is 0.251 e. The Morgan fingerprint density at radius 1 is 1.13 bits per heavy atom. The molecule has 0 aliphatic carbocycles. The molecule has 1 aliphatic rings. The number of rotatable bonds is 3. The zero-order valence-corrected chi connectivity index (χ0v) is 18.1. The molecule has 9 nitrogen and oxygen atoms in total. The fraction of sp³-hybridized carbons (Fsp3) is 0.333. The maximum atomic E-state index is 12.9. The number of sulfonamides is 1. The molecule has 0 saturated heterocycles. The number of carbonyl (C=O) groups is 2. The molecular formula is C21H25N3O6S. The molecule has 1 unspecified atom stereocenters. The molecule has 3 rings (SSSR count). The van der Waals surface area contributed by atoms with Crippen LogP contribution in [0.3, 0.4) is 0 Å². The van der Waals surface area contributed by atoms with Crippen LogP contribution in [0, 0.1) is 0 Å². The molecule has 1 heterocycles. The van der Waals surface area contributed by atoms with Crippen LogP contribution in [-0.2, 0) is 16.4 Å². The van der Waals surface area contributed by atoms with Gasteiger partial charge in [-0.3, -0.25) is 13.9 Å². The number of amides is 2. The molecule has 4 bridgehead atoms. The predicted molar refractivity (Wildman–Crippen MR) is 116 cm³/mol. The lowest BCUT2D eigenvalue weighted by atomic mass is 10.0. The lowest BCUT2D eigenvalue weighted by Crippen LogP contribution is -2.39. The fourth-order valence-electron chi connectivity index (χ4n) is 3.16. The van der Waals surface area contributed by atoms with Crippen molar-refractivity contribution in [3.05, 3.63) is 59.2 Å². The number of aliphatic hydroxyl groups is 1. The van der Waals surface area contributed by atoms with Crippen LogP contribution in [0.4, 0.5) is 5.69 Å². The van der Waals surface area contributed by atoms with E-state index >= 15 is 0 Å². The summed E-state index contributed by atoms with van der Waals surface area (Å²) in [7, 11) is -2.27. The van der Waals surface area contributed by atoms with E-state index in [0.29, 0.717) is 12.2 Å². The first-order chi connectivity index (χ1) is 14.7. The van der Waals surface area contributed by atoms with Gasteiger partial charge in [0.25, 0.3) is 11.8 Å². The summed E-state index contributed by atoms with van der Waals surface area (Å²) in [4.78, 5) is 25.5. The van der Waals surface area contributed by atoms with E-state index in [0.717, 1.165) is 16.1 Å². The Morgan fingerprint density at radius 3 is 2.52 bits per heavy atom. The van der Waals surface area contributed by atoms with Gasteiger partial charge in [-0.1, -0.05) is 12.1 Å². The third kappa shape index (κ3) is 5.74. The summed E-state index contributed by atoms with van der Waals surface area (Å²) < 4.78 is 30.6. The first kappa shape index (κ1) is 22.6. The molecule has 0 aromatic heterocycles. The van der Waals surface area contributed by atoms with Crippen molar-refractivity contribution in [1.82, 2.24) is 10.6 Å². The van der Waals surface area contributed by atoms with Crippen molar-refractivity contribution in [2.75, 3.05) is 37.4 Å². The molecule has 0 spiro atoms. The Hall–Kier alpha value is -3.11. The fourth-order valence-corrected chi connectivity index (χ4v) is 3.65. The van der Waals surface area contributed by atoms with Crippen LogP contribution < -0.4 is 19.7 Å². The van der Waals surface area contributed by atoms with Gasteiger partial charge in [-0.15, -0.1) is 0 Å². The Bertz CT molecular complexity index is 1090. The summed E-state index contributed by atoms with van der Waals surface area (Å²) >= 11 is 0. The van der Waals surface area contributed by atoms with E-state index in [-0.39, 0.29) is 36.6 Å². The summed E-state index contributed by atoms with van der Waals surface area (Å²) in [6.45, 7) is 0.148. The van der Waals surface area contributed by atoms with Gasteiger partial charge >= 0.3 is 0 Å². The highest BCUT2D eigenvalue weighted by atomic mass is 32.2. The van der Waals surface area contributed by atoms with Crippen molar-refractivity contribution in [2.24, 2.45) is 0 Å². The number of carbonyl (C=O) groups excluding carboxylic acids is 2. The third-order valence-electron chi connectivity index (χ3n) is 4.90. The number of benzene rings is 2. The SMILES string of the molecule is CN(c1cc2cc(c1)C(=O)NC(CO)Cc1cccc(c1)OCCNC2=O)S(C)(=O)=O. The number of fused-ring (bicyclic) bond motifs is 4. The monoisotopic (exact) mass is 447 g/mol. The molecule has 0 saturated carbocycles. The molecule has 10 heteroatoms. The van der Waals surface area contributed by atoms with Gasteiger partial charge in [0, 0.05) is 18.2 Å². The Labute approximate surface area is 181 Å². The molecule has 2 amide bonds. The van der Waals surface area contributed by atoms with E-state index in [1.54, 1.807) is 6.07 Å². The van der Waals surface area contributed by atoms with E-state index in [4.69, 9.17) is 4.74 Å².